The van der Waals surface area contributed by atoms with E-state index in [1.54, 1.807) is 18.2 Å². The Kier molecular flexibility index (Phi) is 4.25. The maximum atomic E-state index is 12.5. The molecule has 1 amide bonds. The Labute approximate surface area is 125 Å². The van der Waals surface area contributed by atoms with Crippen molar-refractivity contribution < 1.29 is 4.79 Å². The van der Waals surface area contributed by atoms with Gasteiger partial charge in [-0.3, -0.25) is 9.69 Å². The number of carbonyl (C=O) groups is 1. The van der Waals surface area contributed by atoms with Gasteiger partial charge in [0.15, 0.2) is 0 Å². The smallest absolute Gasteiger partial charge is 0.257 e. The SMILES string of the molecule is CC(C)(C)N1CCN(C(=O)c2c(N)cccc2Cl)CC1. The van der Waals surface area contributed by atoms with Gasteiger partial charge in [0.2, 0.25) is 0 Å². The van der Waals surface area contributed by atoms with Gasteiger partial charge in [-0.05, 0) is 32.9 Å². The Bertz CT molecular complexity index is 482. The first-order valence-electron chi connectivity index (χ1n) is 6.89. The van der Waals surface area contributed by atoms with Gasteiger partial charge in [0.05, 0.1) is 10.6 Å². The molecular formula is C15H22ClN3O. The van der Waals surface area contributed by atoms with Crippen LogP contribution in [0.25, 0.3) is 0 Å². The lowest BCUT2D eigenvalue weighted by atomic mass is 10.0. The number of carbonyl (C=O) groups excluding carboxylic acids is 1. The monoisotopic (exact) mass is 295 g/mol. The number of anilines is 1. The maximum Gasteiger partial charge on any atom is 0.257 e. The normalized spacial score (nSPS) is 17.3. The zero-order valence-corrected chi connectivity index (χ0v) is 13.1. The van der Waals surface area contributed by atoms with E-state index >= 15 is 0 Å². The van der Waals surface area contributed by atoms with Gasteiger partial charge in [-0.1, -0.05) is 17.7 Å². The summed E-state index contributed by atoms with van der Waals surface area (Å²) in [6, 6.07) is 5.17. The van der Waals surface area contributed by atoms with Crippen LogP contribution in [0.3, 0.4) is 0 Å². The van der Waals surface area contributed by atoms with E-state index in [4.69, 9.17) is 17.3 Å². The molecule has 1 aliphatic rings. The number of nitrogens with zero attached hydrogens (tertiary/aromatic N) is 2. The summed E-state index contributed by atoms with van der Waals surface area (Å²) in [4.78, 5) is 16.8. The van der Waals surface area contributed by atoms with E-state index in [1.165, 1.54) is 0 Å². The molecule has 0 aliphatic carbocycles. The molecule has 1 heterocycles. The molecule has 4 nitrogen and oxygen atoms in total. The van der Waals surface area contributed by atoms with Crippen LogP contribution in [0.2, 0.25) is 5.02 Å². The minimum absolute atomic E-state index is 0.0679. The second kappa shape index (κ2) is 5.62. The molecule has 0 unspecified atom stereocenters. The van der Waals surface area contributed by atoms with Crippen molar-refractivity contribution in [3.63, 3.8) is 0 Å². The molecule has 1 saturated heterocycles. The largest absolute Gasteiger partial charge is 0.398 e. The van der Waals surface area contributed by atoms with Crippen molar-refractivity contribution in [3.8, 4) is 0 Å². The van der Waals surface area contributed by atoms with Crippen molar-refractivity contribution >= 4 is 23.2 Å². The fourth-order valence-electron chi connectivity index (χ4n) is 2.50. The molecule has 0 aromatic heterocycles. The Hall–Kier alpha value is -1.26. The summed E-state index contributed by atoms with van der Waals surface area (Å²) in [7, 11) is 0. The highest BCUT2D eigenvalue weighted by atomic mass is 35.5. The van der Waals surface area contributed by atoms with E-state index in [0.29, 0.717) is 29.4 Å². The van der Waals surface area contributed by atoms with Crippen LogP contribution in [-0.4, -0.2) is 47.4 Å². The number of halogens is 1. The van der Waals surface area contributed by atoms with Crippen LogP contribution in [0, 0.1) is 0 Å². The van der Waals surface area contributed by atoms with Crippen molar-refractivity contribution in [3.05, 3.63) is 28.8 Å². The topological polar surface area (TPSA) is 49.6 Å². The summed E-state index contributed by atoms with van der Waals surface area (Å²) in [6.07, 6.45) is 0. The summed E-state index contributed by atoms with van der Waals surface area (Å²) < 4.78 is 0. The quantitative estimate of drug-likeness (QED) is 0.810. The first kappa shape index (κ1) is 15.1. The van der Waals surface area contributed by atoms with E-state index < -0.39 is 0 Å². The molecule has 0 atom stereocenters. The second-order valence-corrected chi connectivity index (χ2v) is 6.56. The van der Waals surface area contributed by atoms with Crippen LogP contribution >= 0.6 is 11.6 Å². The van der Waals surface area contributed by atoms with Crippen molar-refractivity contribution in [2.75, 3.05) is 31.9 Å². The summed E-state index contributed by atoms with van der Waals surface area (Å²) >= 11 is 6.11. The lowest BCUT2D eigenvalue weighted by molar-refractivity contribution is 0.0452. The van der Waals surface area contributed by atoms with E-state index in [0.717, 1.165) is 13.1 Å². The molecule has 1 aromatic rings. The Morgan fingerprint density at radius 1 is 1.20 bits per heavy atom. The van der Waals surface area contributed by atoms with E-state index in [1.807, 2.05) is 4.90 Å². The summed E-state index contributed by atoms with van der Waals surface area (Å²) in [6.45, 7) is 9.74. The third-order valence-electron chi connectivity index (χ3n) is 3.78. The summed E-state index contributed by atoms with van der Waals surface area (Å²) in [5.74, 6) is -0.0679. The highest BCUT2D eigenvalue weighted by molar-refractivity contribution is 6.34. The molecule has 0 radical (unpaired) electrons. The van der Waals surface area contributed by atoms with Crippen molar-refractivity contribution in [1.82, 2.24) is 9.80 Å². The van der Waals surface area contributed by atoms with Gasteiger partial charge in [-0.15, -0.1) is 0 Å². The molecule has 110 valence electrons. The molecule has 2 rings (SSSR count). The third-order valence-corrected chi connectivity index (χ3v) is 4.09. The fourth-order valence-corrected chi connectivity index (χ4v) is 2.77. The molecule has 0 saturated carbocycles. The Balaban J connectivity index is 2.09. The van der Waals surface area contributed by atoms with Gasteiger partial charge >= 0.3 is 0 Å². The third kappa shape index (κ3) is 3.07. The van der Waals surface area contributed by atoms with Crippen molar-refractivity contribution in [2.24, 2.45) is 0 Å². The Morgan fingerprint density at radius 3 is 2.30 bits per heavy atom. The summed E-state index contributed by atoms with van der Waals surface area (Å²) in [5, 5.41) is 0.424. The molecular weight excluding hydrogens is 274 g/mol. The van der Waals surface area contributed by atoms with E-state index in [-0.39, 0.29) is 11.4 Å². The molecule has 20 heavy (non-hydrogen) atoms. The average Bonchev–Trinajstić information content (AvgIpc) is 2.37. The number of rotatable bonds is 1. The van der Waals surface area contributed by atoms with E-state index in [2.05, 4.69) is 25.7 Å². The zero-order valence-electron chi connectivity index (χ0n) is 12.3. The van der Waals surface area contributed by atoms with Crippen LogP contribution in [-0.2, 0) is 0 Å². The van der Waals surface area contributed by atoms with Crippen molar-refractivity contribution in [2.45, 2.75) is 26.3 Å². The number of nitrogens with two attached hydrogens (primary N) is 1. The molecule has 2 N–H and O–H groups in total. The Morgan fingerprint density at radius 2 is 1.80 bits per heavy atom. The standard InChI is InChI=1S/C15H22ClN3O/c1-15(2,3)19-9-7-18(8-10-19)14(20)13-11(16)5-4-6-12(13)17/h4-6H,7-10,17H2,1-3H3. The van der Waals surface area contributed by atoms with Crippen LogP contribution in [0.4, 0.5) is 5.69 Å². The first-order chi connectivity index (χ1) is 9.30. The van der Waals surface area contributed by atoms with Crippen LogP contribution < -0.4 is 5.73 Å². The predicted molar refractivity (Wildman–Crippen MR) is 83.1 cm³/mol. The molecule has 1 fully saturated rings. The number of piperazine rings is 1. The molecule has 0 spiro atoms. The molecule has 5 heteroatoms. The number of hydrogen-bond acceptors (Lipinski definition) is 3. The lowest BCUT2D eigenvalue weighted by Crippen LogP contribution is -2.54. The lowest BCUT2D eigenvalue weighted by Gasteiger charge is -2.42. The zero-order chi connectivity index (χ0) is 14.9. The van der Waals surface area contributed by atoms with Crippen LogP contribution in [0.5, 0.6) is 0 Å². The fraction of sp³-hybridized carbons (Fsp3) is 0.533. The van der Waals surface area contributed by atoms with Crippen molar-refractivity contribution in [1.29, 1.82) is 0 Å². The van der Waals surface area contributed by atoms with Gasteiger partial charge in [-0.25, -0.2) is 0 Å². The van der Waals surface area contributed by atoms with Crippen LogP contribution in [0.15, 0.2) is 18.2 Å². The average molecular weight is 296 g/mol. The highest BCUT2D eigenvalue weighted by Crippen LogP contribution is 2.25. The predicted octanol–water partition coefficient (Wildman–Crippen LogP) is 2.48. The minimum Gasteiger partial charge on any atom is -0.398 e. The molecule has 1 aliphatic heterocycles. The minimum atomic E-state index is -0.0679. The highest BCUT2D eigenvalue weighted by Gasteiger charge is 2.29. The van der Waals surface area contributed by atoms with E-state index in [9.17, 15) is 4.79 Å². The number of hydrogen-bond donors (Lipinski definition) is 1. The maximum absolute atomic E-state index is 12.5. The molecule has 1 aromatic carbocycles. The van der Waals surface area contributed by atoms with Gasteiger partial charge in [0, 0.05) is 37.4 Å². The molecule has 0 bridgehead atoms. The van der Waals surface area contributed by atoms with Crippen LogP contribution in [0.1, 0.15) is 31.1 Å². The van der Waals surface area contributed by atoms with Gasteiger partial charge in [-0.2, -0.15) is 0 Å². The number of amides is 1. The number of nitrogen functional groups attached to an aromatic ring is 1. The van der Waals surface area contributed by atoms with Gasteiger partial charge < -0.3 is 10.6 Å². The van der Waals surface area contributed by atoms with Gasteiger partial charge in [0.1, 0.15) is 0 Å². The van der Waals surface area contributed by atoms with Gasteiger partial charge in [0.25, 0.3) is 5.91 Å². The second-order valence-electron chi connectivity index (χ2n) is 6.15. The number of benzene rings is 1. The summed E-state index contributed by atoms with van der Waals surface area (Å²) in [5.41, 5.74) is 6.89. The first-order valence-corrected chi connectivity index (χ1v) is 7.27.